The molecule has 0 atom stereocenters. The number of imidazole rings is 1. The predicted molar refractivity (Wildman–Crippen MR) is 81.7 cm³/mol. The first-order chi connectivity index (χ1) is 9.75. The zero-order valence-electron chi connectivity index (χ0n) is 11.6. The number of carbonyl (C=O) groups excluding carboxylic acids is 1. The lowest BCUT2D eigenvalue weighted by atomic mass is 10.1. The van der Waals surface area contributed by atoms with Gasteiger partial charge in [0.1, 0.15) is 0 Å². The lowest BCUT2D eigenvalue weighted by Crippen LogP contribution is -2.26. The average Bonchev–Trinajstić information content (AvgIpc) is 2.88. The van der Waals surface area contributed by atoms with Gasteiger partial charge in [-0.25, -0.2) is 4.98 Å². The van der Waals surface area contributed by atoms with Gasteiger partial charge in [0.25, 0.3) is 0 Å². The molecule has 0 spiro atoms. The molecule has 106 valence electrons. The van der Waals surface area contributed by atoms with Gasteiger partial charge in [-0.1, -0.05) is 42.1 Å². The van der Waals surface area contributed by atoms with Crippen LogP contribution in [0.2, 0.25) is 0 Å². The highest BCUT2D eigenvalue weighted by Gasteiger charge is 2.05. The monoisotopic (exact) mass is 289 g/mol. The lowest BCUT2D eigenvalue weighted by molar-refractivity contribution is -0.118. The molecule has 1 aromatic heterocycles. The summed E-state index contributed by atoms with van der Waals surface area (Å²) >= 11 is 1.46. The molecule has 0 saturated carbocycles. The van der Waals surface area contributed by atoms with E-state index in [9.17, 15) is 4.79 Å². The van der Waals surface area contributed by atoms with E-state index in [-0.39, 0.29) is 5.91 Å². The molecule has 1 amide bonds. The number of carbonyl (C=O) groups is 1. The number of hydrogen-bond acceptors (Lipinski definition) is 3. The fourth-order valence-electron chi connectivity index (χ4n) is 1.84. The summed E-state index contributed by atoms with van der Waals surface area (Å²) in [5, 5.41) is 3.80. The van der Waals surface area contributed by atoms with Crippen molar-refractivity contribution in [1.29, 1.82) is 0 Å². The molecular formula is C15H19N3OS. The van der Waals surface area contributed by atoms with Crippen molar-refractivity contribution in [2.24, 2.45) is 7.05 Å². The first kappa shape index (κ1) is 14.7. The largest absolute Gasteiger partial charge is 0.355 e. The Bertz CT molecular complexity index is 539. The van der Waals surface area contributed by atoms with E-state index in [2.05, 4.69) is 22.4 Å². The van der Waals surface area contributed by atoms with Crippen molar-refractivity contribution in [3.05, 3.63) is 48.3 Å². The number of benzene rings is 1. The molecule has 0 unspecified atom stereocenters. The minimum absolute atomic E-state index is 0.0612. The van der Waals surface area contributed by atoms with Crippen molar-refractivity contribution in [3.63, 3.8) is 0 Å². The Kier molecular flexibility index (Phi) is 5.68. The van der Waals surface area contributed by atoms with Gasteiger partial charge in [0, 0.05) is 26.0 Å². The number of rotatable bonds is 7. The van der Waals surface area contributed by atoms with E-state index in [1.165, 1.54) is 17.3 Å². The fourth-order valence-corrected chi connectivity index (χ4v) is 2.60. The van der Waals surface area contributed by atoms with Crippen LogP contribution in [0.5, 0.6) is 0 Å². The molecule has 0 bridgehead atoms. The molecule has 0 aliphatic rings. The van der Waals surface area contributed by atoms with Crippen molar-refractivity contribution >= 4 is 17.7 Å². The molecule has 1 heterocycles. The zero-order valence-corrected chi connectivity index (χ0v) is 12.4. The smallest absolute Gasteiger partial charge is 0.230 e. The second kappa shape index (κ2) is 7.75. The SMILES string of the molecule is Cn1ccnc1SCC(=O)NCCCc1ccccc1. The molecule has 0 radical (unpaired) electrons. The first-order valence-electron chi connectivity index (χ1n) is 6.66. The van der Waals surface area contributed by atoms with Crippen LogP contribution in [-0.4, -0.2) is 27.8 Å². The van der Waals surface area contributed by atoms with Crippen LogP contribution in [0.15, 0.2) is 47.9 Å². The van der Waals surface area contributed by atoms with Gasteiger partial charge in [0.15, 0.2) is 5.16 Å². The van der Waals surface area contributed by atoms with Crippen LogP contribution in [0.4, 0.5) is 0 Å². The number of aryl methyl sites for hydroxylation is 2. The van der Waals surface area contributed by atoms with E-state index in [4.69, 9.17) is 0 Å². The third kappa shape index (κ3) is 4.74. The standard InChI is InChI=1S/C15H19N3OS/c1-18-11-10-17-15(18)20-12-14(19)16-9-5-8-13-6-3-2-4-7-13/h2-4,6-7,10-11H,5,8-9,12H2,1H3,(H,16,19). The number of amides is 1. The Morgan fingerprint density at radius 3 is 2.85 bits per heavy atom. The first-order valence-corrected chi connectivity index (χ1v) is 7.65. The van der Waals surface area contributed by atoms with Gasteiger partial charge in [-0.15, -0.1) is 0 Å². The van der Waals surface area contributed by atoms with E-state index in [1.54, 1.807) is 6.20 Å². The van der Waals surface area contributed by atoms with Gasteiger partial charge in [0.2, 0.25) is 5.91 Å². The van der Waals surface area contributed by atoms with E-state index in [1.807, 2.05) is 36.0 Å². The van der Waals surface area contributed by atoms with Crippen LogP contribution in [0.1, 0.15) is 12.0 Å². The van der Waals surface area contributed by atoms with Crippen LogP contribution in [0, 0.1) is 0 Å². The normalized spacial score (nSPS) is 10.4. The quantitative estimate of drug-likeness (QED) is 0.628. The summed E-state index contributed by atoms with van der Waals surface area (Å²) in [5.74, 6) is 0.474. The molecular weight excluding hydrogens is 270 g/mol. The average molecular weight is 289 g/mol. The highest BCUT2D eigenvalue weighted by molar-refractivity contribution is 7.99. The van der Waals surface area contributed by atoms with Gasteiger partial charge in [-0.3, -0.25) is 4.79 Å². The molecule has 1 N–H and O–H groups in total. The summed E-state index contributed by atoms with van der Waals surface area (Å²) in [6, 6.07) is 10.3. The molecule has 0 saturated heterocycles. The molecule has 2 aromatic rings. The molecule has 1 aromatic carbocycles. The number of thioether (sulfide) groups is 1. The van der Waals surface area contributed by atoms with E-state index in [0.717, 1.165) is 24.5 Å². The second-order valence-electron chi connectivity index (χ2n) is 4.55. The van der Waals surface area contributed by atoms with Gasteiger partial charge >= 0.3 is 0 Å². The maximum absolute atomic E-state index is 11.7. The summed E-state index contributed by atoms with van der Waals surface area (Å²) in [6.45, 7) is 0.717. The number of aromatic nitrogens is 2. The van der Waals surface area contributed by atoms with Gasteiger partial charge in [-0.05, 0) is 18.4 Å². The summed E-state index contributed by atoms with van der Waals surface area (Å²) < 4.78 is 1.91. The Hall–Kier alpha value is -1.75. The minimum Gasteiger partial charge on any atom is -0.355 e. The molecule has 0 fully saturated rings. The minimum atomic E-state index is 0.0612. The second-order valence-corrected chi connectivity index (χ2v) is 5.49. The molecule has 0 aliphatic heterocycles. The topological polar surface area (TPSA) is 46.9 Å². The number of hydrogen-bond donors (Lipinski definition) is 1. The van der Waals surface area contributed by atoms with Crippen molar-refractivity contribution in [2.45, 2.75) is 18.0 Å². The summed E-state index contributed by atoms with van der Waals surface area (Å²) in [6.07, 6.45) is 5.57. The van der Waals surface area contributed by atoms with Crippen LogP contribution < -0.4 is 5.32 Å². The summed E-state index contributed by atoms with van der Waals surface area (Å²) in [4.78, 5) is 15.9. The number of nitrogens with one attached hydrogen (secondary N) is 1. The Labute approximate surface area is 123 Å². The molecule has 5 heteroatoms. The third-order valence-electron chi connectivity index (χ3n) is 2.92. The molecule has 0 aliphatic carbocycles. The van der Waals surface area contributed by atoms with Gasteiger partial charge < -0.3 is 9.88 Å². The van der Waals surface area contributed by atoms with Crippen molar-refractivity contribution in [2.75, 3.05) is 12.3 Å². The van der Waals surface area contributed by atoms with Crippen LogP contribution in [0.3, 0.4) is 0 Å². The zero-order chi connectivity index (χ0) is 14.2. The summed E-state index contributed by atoms with van der Waals surface area (Å²) in [5.41, 5.74) is 1.31. The number of nitrogens with zero attached hydrogens (tertiary/aromatic N) is 2. The Morgan fingerprint density at radius 1 is 1.35 bits per heavy atom. The third-order valence-corrected chi connectivity index (χ3v) is 3.97. The van der Waals surface area contributed by atoms with Gasteiger partial charge in [0.05, 0.1) is 5.75 Å². The van der Waals surface area contributed by atoms with E-state index >= 15 is 0 Å². The predicted octanol–water partition coefficient (Wildman–Crippen LogP) is 2.26. The maximum atomic E-state index is 11.7. The Balaban J connectivity index is 1.60. The maximum Gasteiger partial charge on any atom is 0.230 e. The highest BCUT2D eigenvalue weighted by Crippen LogP contribution is 2.13. The van der Waals surface area contributed by atoms with Crippen LogP contribution in [-0.2, 0) is 18.3 Å². The molecule has 20 heavy (non-hydrogen) atoms. The molecule has 2 rings (SSSR count). The Morgan fingerprint density at radius 2 is 2.15 bits per heavy atom. The highest BCUT2D eigenvalue weighted by atomic mass is 32.2. The van der Waals surface area contributed by atoms with E-state index < -0.39 is 0 Å². The van der Waals surface area contributed by atoms with Crippen molar-refractivity contribution in [3.8, 4) is 0 Å². The van der Waals surface area contributed by atoms with Crippen LogP contribution in [0.25, 0.3) is 0 Å². The summed E-state index contributed by atoms with van der Waals surface area (Å²) in [7, 11) is 1.92. The van der Waals surface area contributed by atoms with E-state index in [0.29, 0.717) is 5.75 Å². The van der Waals surface area contributed by atoms with Crippen molar-refractivity contribution < 1.29 is 4.79 Å². The molecule has 4 nitrogen and oxygen atoms in total. The fraction of sp³-hybridized carbons (Fsp3) is 0.333. The lowest BCUT2D eigenvalue weighted by Gasteiger charge is -2.05. The van der Waals surface area contributed by atoms with Gasteiger partial charge in [-0.2, -0.15) is 0 Å². The van der Waals surface area contributed by atoms with Crippen molar-refractivity contribution in [1.82, 2.24) is 14.9 Å². The van der Waals surface area contributed by atoms with Crippen LogP contribution >= 0.6 is 11.8 Å².